The van der Waals surface area contributed by atoms with Crippen molar-refractivity contribution in [3.8, 4) is 5.75 Å². The fourth-order valence-corrected chi connectivity index (χ4v) is 12.1. The summed E-state index contributed by atoms with van der Waals surface area (Å²) >= 11 is 0. The monoisotopic (exact) mass is 1340 g/mol. The van der Waals surface area contributed by atoms with Gasteiger partial charge in [-0.1, -0.05) is 146 Å². The molecular formula is C69H104N14O13. The number of nitrogens with zero attached hydrogens (tertiary/aromatic N) is 3. The molecule has 3 aromatic carbocycles. The third-order valence-corrected chi connectivity index (χ3v) is 17.5. The van der Waals surface area contributed by atoms with Crippen LogP contribution in [0.1, 0.15) is 142 Å². The largest absolute Gasteiger partial charge is 0.508 e. The summed E-state index contributed by atoms with van der Waals surface area (Å²) in [6, 6.07) is 14.8. The number of amides is 8. The number of hydrogen-bond donors (Lipinski definition) is 13. The molecule has 5 rings (SSSR count). The van der Waals surface area contributed by atoms with E-state index in [0.29, 0.717) is 29.5 Å². The quantitative estimate of drug-likeness (QED) is 0.0171. The molecule has 0 unspecified atom stereocenters. The van der Waals surface area contributed by atoms with Crippen LogP contribution in [-0.2, 0) is 67.3 Å². The lowest BCUT2D eigenvalue weighted by Crippen LogP contribution is -2.60. The normalized spacial score (nSPS) is 16.8. The minimum absolute atomic E-state index is 0.0144. The first-order valence-electron chi connectivity index (χ1n) is 33.5. The van der Waals surface area contributed by atoms with Crippen LogP contribution in [0.4, 0.5) is 4.79 Å². The summed E-state index contributed by atoms with van der Waals surface area (Å²) in [6.07, 6.45) is 3.91. The Morgan fingerprint density at radius 3 is 1.65 bits per heavy atom. The third kappa shape index (κ3) is 26.0. The molecule has 1 aliphatic carbocycles. The summed E-state index contributed by atoms with van der Waals surface area (Å²) in [6.45, 7) is 10.9. The molecule has 27 heteroatoms. The molecule has 2 aliphatic rings. The highest BCUT2D eigenvalue weighted by Crippen LogP contribution is 2.31. The molecular weight excluding hydrogens is 1230 g/mol. The Bertz CT molecular complexity index is 3050. The molecule has 0 radical (unpaired) electrons. The number of carbonyl (C=O) groups is 9. The van der Waals surface area contributed by atoms with E-state index in [9.17, 15) is 53.4 Å². The molecule has 1 aliphatic heterocycles. The Morgan fingerprint density at radius 2 is 1.08 bits per heavy atom. The molecule has 96 heavy (non-hydrogen) atoms. The summed E-state index contributed by atoms with van der Waals surface area (Å²) < 4.78 is 10.4. The van der Waals surface area contributed by atoms with Crippen molar-refractivity contribution in [2.45, 2.75) is 199 Å². The number of rotatable bonds is 37. The van der Waals surface area contributed by atoms with E-state index in [2.05, 4.69) is 47.2 Å². The van der Waals surface area contributed by atoms with Gasteiger partial charge < -0.3 is 84.7 Å². The van der Waals surface area contributed by atoms with Gasteiger partial charge in [0.1, 0.15) is 54.6 Å². The van der Waals surface area contributed by atoms with Gasteiger partial charge in [0.05, 0.1) is 19.3 Å². The molecule has 1 saturated heterocycles. The molecule has 1 heterocycles. The molecule has 0 bridgehead atoms. The number of phenols is 1. The van der Waals surface area contributed by atoms with Gasteiger partial charge in [-0.15, -0.1) is 0 Å². The lowest BCUT2D eigenvalue weighted by Gasteiger charge is -2.34. The number of methoxy groups -OCH3 is 1. The summed E-state index contributed by atoms with van der Waals surface area (Å²) in [7, 11) is 1.20. The smallest absolute Gasteiger partial charge is 0.408 e. The lowest BCUT2D eigenvalue weighted by atomic mass is 9.81. The summed E-state index contributed by atoms with van der Waals surface area (Å²) in [5, 5.41) is 42.1. The van der Waals surface area contributed by atoms with Gasteiger partial charge in [-0.05, 0) is 104 Å². The Kier molecular flexibility index (Phi) is 32.2. The average Bonchev–Trinajstić information content (AvgIpc) is 1.61. The van der Waals surface area contributed by atoms with Crippen LogP contribution in [0.15, 0.2) is 94.9 Å². The first-order valence-corrected chi connectivity index (χ1v) is 33.5. The Morgan fingerprint density at radius 1 is 0.562 bits per heavy atom. The number of nitrogens with two attached hydrogens (primary N) is 4. The topological polar surface area (TPSA) is 429 Å². The molecule has 528 valence electrons. The van der Waals surface area contributed by atoms with Gasteiger partial charge in [0.15, 0.2) is 11.9 Å². The van der Waals surface area contributed by atoms with Crippen LogP contribution in [0.5, 0.6) is 5.75 Å². The van der Waals surface area contributed by atoms with Crippen molar-refractivity contribution in [1.82, 2.24) is 42.1 Å². The predicted molar refractivity (Wildman–Crippen MR) is 363 cm³/mol. The minimum atomic E-state index is -1.29. The number of hydrogen-bond acceptors (Lipinski definition) is 15. The van der Waals surface area contributed by atoms with Gasteiger partial charge in [0.2, 0.25) is 41.4 Å². The van der Waals surface area contributed by atoms with Crippen LogP contribution >= 0.6 is 0 Å². The molecule has 10 atom stereocenters. The third-order valence-electron chi connectivity index (χ3n) is 17.5. The SMILES string of the molecule is COC(=O)[C@H](Cc1ccc(O)cc1)NC(=O)[C@@H](NC(=O)[C@H](C[C@H](O)[C@H](CC1CCCCC1)NC(=O)[C@@H](NC(=O)[C@H](Cc1ccccc1)NC(=O)[C@@H]1CCCN1C(=O)[C@H](CCCN=C(N)N)NC(=O)[C@H](CCCN=C(N)N)NC(=O)OCc1ccccc1)C(C)C)C(C)C)C(C)C. The van der Waals surface area contributed by atoms with Crippen molar-refractivity contribution in [1.29, 1.82) is 0 Å². The molecule has 0 aromatic heterocycles. The molecule has 27 nitrogen and oxygen atoms in total. The van der Waals surface area contributed by atoms with E-state index in [1.54, 1.807) is 94.4 Å². The number of guanidine groups is 2. The standard InChI is InChI=1S/C69H104N14O13/c1-41(2)49(59(86)81-57(42(3)4)64(91)79-54(66(93)95-7)38-46-29-31-48(84)32-30-46)39-56(85)52(36-44-20-11-8-12-21-44)77-63(90)58(43(5)6)82-61(88)53(37-45-22-13-9-14-23-45)78-62(89)55-28-19-35-83(55)65(92)51(27-18-34-75-68(72)73)76-60(87)50(26-17-33-74-67(70)71)80-69(94)96-40-47-24-15-10-16-25-47/h9-10,13-16,22-25,29-32,41-44,49-58,84-85H,8,11-12,17-21,26-28,33-40H2,1-7H3,(H,76,87)(H,77,90)(H,78,89)(H,79,91)(H,80,94)(H,81,86)(H,82,88)(H4,70,71,74)(H4,72,73,75)/t49-,50+,51+,52+,53+,54+,55+,56+,57+,58+/m1/s1. The van der Waals surface area contributed by atoms with E-state index in [1.165, 1.54) is 24.1 Å². The zero-order valence-corrected chi connectivity index (χ0v) is 56.6. The zero-order valence-electron chi connectivity index (χ0n) is 56.6. The van der Waals surface area contributed by atoms with E-state index in [1.807, 2.05) is 19.9 Å². The zero-order chi connectivity index (χ0) is 70.4. The summed E-state index contributed by atoms with van der Waals surface area (Å²) in [5.41, 5.74) is 24.3. The van der Waals surface area contributed by atoms with Crippen LogP contribution in [0.25, 0.3) is 0 Å². The number of benzene rings is 3. The fraction of sp³-hybridized carbons (Fsp3) is 0.580. The summed E-state index contributed by atoms with van der Waals surface area (Å²) in [4.78, 5) is 138. The number of esters is 1. The molecule has 1 saturated carbocycles. The van der Waals surface area contributed by atoms with Crippen molar-refractivity contribution in [2.24, 2.45) is 62.5 Å². The van der Waals surface area contributed by atoms with Gasteiger partial charge in [-0.3, -0.25) is 43.5 Å². The Labute approximate surface area is 563 Å². The minimum Gasteiger partial charge on any atom is -0.508 e. The van der Waals surface area contributed by atoms with E-state index < -0.39 is 126 Å². The number of ether oxygens (including phenoxy) is 2. The second-order valence-electron chi connectivity index (χ2n) is 26.1. The number of aliphatic imine (C=N–C) groups is 2. The number of aromatic hydroxyl groups is 1. The highest BCUT2D eigenvalue weighted by molar-refractivity contribution is 5.97. The Balaban J connectivity index is 1.35. The van der Waals surface area contributed by atoms with Crippen molar-refractivity contribution < 1.29 is 62.8 Å². The maximum atomic E-state index is 14.9. The second-order valence-corrected chi connectivity index (χ2v) is 26.1. The second kappa shape index (κ2) is 39.8. The first kappa shape index (κ1) is 77.7. The van der Waals surface area contributed by atoms with E-state index in [0.717, 1.165) is 32.1 Å². The number of alkyl carbamates (subject to hydrolysis) is 1. The van der Waals surface area contributed by atoms with E-state index in [-0.39, 0.29) is 107 Å². The van der Waals surface area contributed by atoms with Crippen molar-refractivity contribution in [3.05, 3.63) is 102 Å². The maximum Gasteiger partial charge on any atom is 0.408 e. The highest BCUT2D eigenvalue weighted by Gasteiger charge is 2.42. The van der Waals surface area contributed by atoms with Gasteiger partial charge in [0.25, 0.3) is 0 Å². The van der Waals surface area contributed by atoms with E-state index >= 15 is 0 Å². The number of carbonyl (C=O) groups excluding carboxylic acids is 9. The molecule has 3 aromatic rings. The Hall–Kier alpha value is -9.01. The van der Waals surface area contributed by atoms with Crippen LogP contribution < -0.4 is 60.2 Å². The molecule has 8 amide bonds. The van der Waals surface area contributed by atoms with Gasteiger partial charge in [0, 0.05) is 38.4 Å². The number of nitrogens with one attached hydrogen (secondary N) is 7. The number of likely N-dealkylation sites (tertiary alicyclic amines) is 1. The molecule has 0 spiro atoms. The molecule has 2 fully saturated rings. The van der Waals surface area contributed by atoms with Crippen molar-refractivity contribution in [3.63, 3.8) is 0 Å². The van der Waals surface area contributed by atoms with Crippen LogP contribution in [-0.4, -0.2) is 162 Å². The first-order chi connectivity index (χ1) is 45.7. The van der Waals surface area contributed by atoms with E-state index in [4.69, 9.17) is 32.4 Å². The van der Waals surface area contributed by atoms with Gasteiger partial charge >= 0.3 is 12.1 Å². The van der Waals surface area contributed by atoms with Crippen LogP contribution in [0.2, 0.25) is 0 Å². The van der Waals surface area contributed by atoms with Crippen LogP contribution in [0.3, 0.4) is 0 Å². The molecule has 17 N–H and O–H groups in total. The number of aliphatic hydroxyl groups excluding tert-OH is 1. The summed E-state index contributed by atoms with van der Waals surface area (Å²) in [5.74, 6) is -7.55. The van der Waals surface area contributed by atoms with Crippen molar-refractivity contribution >= 4 is 65.3 Å². The maximum absolute atomic E-state index is 14.9. The fourth-order valence-electron chi connectivity index (χ4n) is 12.1. The van der Waals surface area contributed by atoms with Gasteiger partial charge in [-0.25, -0.2) is 9.59 Å². The lowest BCUT2D eigenvalue weighted by molar-refractivity contribution is -0.145. The average molecular weight is 1340 g/mol. The van der Waals surface area contributed by atoms with Crippen LogP contribution in [0, 0.1) is 29.6 Å². The predicted octanol–water partition coefficient (Wildman–Crippen LogP) is 2.96. The van der Waals surface area contributed by atoms with Gasteiger partial charge in [-0.2, -0.15) is 0 Å². The number of aliphatic hydroxyl groups is 1. The van der Waals surface area contributed by atoms with Crippen molar-refractivity contribution in [2.75, 3.05) is 26.7 Å². The highest BCUT2D eigenvalue weighted by atomic mass is 16.5. The number of phenolic OH excluding ortho intramolecular Hbond substituents is 1.